The molecule has 0 spiro atoms. The molecule has 0 fully saturated rings. The van der Waals surface area contributed by atoms with Crippen LogP contribution in [0.25, 0.3) is 5.69 Å². The average molecular weight is 265 g/mol. The van der Waals surface area contributed by atoms with Gasteiger partial charge in [0.25, 0.3) is 0 Å². The van der Waals surface area contributed by atoms with E-state index in [1.807, 2.05) is 35.9 Å². The summed E-state index contributed by atoms with van der Waals surface area (Å²) >= 11 is 0. The minimum absolute atomic E-state index is 0.608. The quantitative estimate of drug-likeness (QED) is 0.614. The highest BCUT2D eigenvalue weighted by atomic mass is 15.4. The van der Waals surface area contributed by atoms with Gasteiger partial charge in [-0.1, -0.05) is 17.3 Å². The molecule has 1 aliphatic rings. The molecule has 1 aromatic carbocycles. The highest BCUT2D eigenvalue weighted by Gasteiger charge is 2.20. The van der Waals surface area contributed by atoms with Crippen LogP contribution in [0.5, 0.6) is 0 Å². The summed E-state index contributed by atoms with van der Waals surface area (Å²) in [6.07, 6.45) is 3.76. The molecule has 0 saturated carbocycles. The smallest absolute Gasteiger partial charge is 0.138 e. The molecule has 0 radical (unpaired) electrons. The van der Waals surface area contributed by atoms with Crippen molar-refractivity contribution < 1.29 is 0 Å². The largest absolute Gasteiger partial charge is 0.231 e. The molecule has 0 N–H and O–H groups in total. The van der Waals surface area contributed by atoms with E-state index in [9.17, 15) is 0 Å². The lowest BCUT2D eigenvalue weighted by molar-refractivity contribution is 0.779. The van der Waals surface area contributed by atoms with Crippen LogP contribution in [0.2, 0.25) is 0 Å². The third kappa shape index (κ3) is 1.56. The zero-order valence-corrected chi connectivity index (χ0v) is 10.8. The zero-order valence-electron chi connectivity index (χ0n) is 10.8. The zero-order chi connectivity index (χ0) is 13.5. The molecule has 0 unspecified atom stereocenters. The van der Waals surface area contributed by atoms with Crippen LogP contribution < -0.4 is 0 Å². The lowest BCUT2D eigenvalue weighted by atomic mass is 10.2. The van der Waals surface area contributed by atoms with Gasteiger partial charge in [-0.3, -0.25) is 0 Å². The van der Waals surface area contributed by atoms with Crippen LogP contribution in [-0.4, -0.2) is 35.6 Å². The SMILES string of the molecule is Cc1nnn2c1CC(n1cncn1)=Nc1ccccc1-2. The van der Waals surface area contributed by atoms with E-state index in [2.05, 4.69) is 20.4 Å². The van der Waals surface area contributed by atoms with E-state index < -0.39 is 0 Å². The first-order valence-corrected chi connectivity index (χ1v) is 6.26. The Bertz CT molecular complexity index is 798. The number of para-hydroxylation sites is 2. The maximum absolute atomic E-state index is 4.70. The van der Waals surface area contributed by atoms with Crippen LogP contribution in [0.15, 0.2) is 41.9 Å². The van der Waals surface area contributed by atoms with Gasteiger partial charge in [0, 0.05) is 0 Å². The molecule has 0 bridgehead atoms. The van der Waals surface area contributed by atoms with E-state index in [1.165, 1.54) is 6.33 Å². The normalized spacial score (nSPS) is 13.3. The summed E-state index contributed by atoms with van der Waals surface area (Å²) in [5, 5.41) is 12.6. The predicted molar refractivity (Wildman–Crippen MR) is 72.3 cm³/mol. The lowest BCUT2D eigenvalue weighted by Crippen LogP contribution is -2.16. The van der Waals surface area contributed by atoms with Gasteiger partial charge in [-0.15, -0.1) is 5.10 Å². The number of fused-ring (bicyclic) bond motifs is 3. The number of benzene rings is 1. The van der Waals surface area contributed by atoms with Crippen molar-refractivity contribution in [1.29, 1.82) is 0 Å². The fourth-order valence-corrected chi connectivity index (χ4v) is 2.31. The van der Waals surface area contributed by atoms with Crippen molar-refractivity contribution in [1.82, 2.24) is 29.8 Å². The van der Waals surface area contributed by atoms with E-state index in [0.29, 0.717) is 6.42 Å². The van der Waals surface area contributed by atoms with Crippen LogP contribution >= 0.6 is 0 Å². The topological polar surface area (TPSA) is 73.8 Å². The van der Waals surface area contributed by atoms with Crippen LogP contribution in [0, 0.1) is 6.92 Å². The Hall–Kier alpha value is -2.83. The van der Waals surface area contributed by atoms with Crippen molar-refractivity contribution in [2.24, 2.45) is 4.99 Å². The molecule has 7 heteroatoms. The summed E-state index contributed by atoms with van der Waals surface area (Å²) in [5.41, 5.74) is 3.69. The van der Waals surface area contributed by atoms with Crippen molar-refractivity contribution in [2.45, 2.75) is 13.3 Å². The second kappa shape index (κ2) is 4.09. The number of hydrogen-bond donors (Lipinski definition) is 0. The number of hydrogen-bond acceptors (Lipinski definition) is 5. The lowest BCUT2D eigenvalue weighted by Gasteiger charge is -2.04. The van der Waals surface area contributed by atoms with Crippen LogP contribution in [0.1, 0.15) is 11.4 Å². The molecular formula is C13H11N7. The molecule has 0 aliphatic carbocycles. The molecule has 3 heterocycles. The van der Waals surface area contributed by atoms with Crippen molar-refractivity contribution in [3.05, 3.63) is 48.3 Å². The molecule has 2 aromatic heterocycles. The van der Waals surface area contributed by atoms with Gasteiger partial charge in [0.15, 0.2) is 0 Å². The summed E-state index contributed by atoms with van der Waals surface area (Å²) in [6.45, 7) is 1.95. The van der Waals surface area contributed by atoms with Gasteiger partial charge in [-0.25, -0.2) is 19.3 Å². The molecular weight excluding hydrogens is 254 g/mol. The van der Waals surface area contributed by atoms with E-state index >= 15 is 0 Å². The Kier molecular flexibility index (Phi) is 2.26. The number of aromatic nitrogens is 6. The standard InChI is InChI=1S/C13H11N7/c1-9-12-6-13(19-8-14-7-15-19)16-10-4-2-3-5-11(10)20(12)18-17-9/h2-5,7-8H,6H2,1H3. The van der Waals surface area contributed by atoms with E-state index in [0.717, 1.165) is 28.6 Å². The Balaban J connectivity index is 1.99. The van der Waals surface area contributed by atoms with Crippen molar-refractivity contribution >= 4 is 11.5 Å². The van der Waals surface area contributed by atoms with Gasteiger partial charge in [0.1, 0.15) is 18.5 Å². The number of nitrogens with zero attached hydrogens (tertiary/aromatic N) is 7. The monoisotopic (exact) mass is 265 g/mol. The van der Waals surface area contributed by atoms with Crippen LogP contribution in [0.3, 0.4) is 0 Å². The minimum atomic E-state index is 0.608. The first kappa shape index (κ1) is 11.0. The average Bonchev–Trinajstić information content (AvgIpc) is 3.07. The summed E-state index contributed by atoms with van der Waals surface area (Å²) in [7, 11) is 0. The third-order valence-electron chi connectivity index (χ3n) is 3.33. The Morgan fingerprint density at radius 2 is 2.10 bits per heavy atom. The number of aliphatic imine (C=N–C) groups is 1. The van der Waals surface area contributed by atoms with Crippen LogP contribution in [-0.2, 0) is 6.42 Å². The highest BCUT2D eigenvalue weighted by molar-refractivity contribution is 5.89. The van der Waals surface area contributed by atoms with Crippen molar-refractivity contribution in [3.63, 3.8) is 0 Å². The van der Waals surface area contributed by atoms with Gasteiger partial charge in [0.2, 0.25) is 0 Å². The number of rotatable bonds is 0. The predicted octanol–water partition coefficient (Wildman–Crippen LogP) is 1.30. The third-order valence-corrected chi connectivity index (χ3v) is 3.33. The summed E-state index contributed by atoms with van der Waals surface area (Å²) < 4.78 is 3.52. The Morgan fingerprint density at radius 1 is 1.20 bits per heavy atom. The fourth-order valence-electron chi connectivity index (χ4n) is 2.31. The van der Waals surface area contributed by atoms with E-state index in [-0.39, 0.29) is 0 Å². The first-order valence-electron chi connectivity index (χ1n) is 6.26. The van der Waals surface area contributed by atoms with E-state index in [4.69, 9.17) is 4.99 Å². The van der Waals surface area contributed by atoms with Gasteiger partial charge in [-0.2, -0.15) is 5.10 Å². The van der Waals surface area contributed by atoms with E-state index in [1.54, 1.807) is 11.0 Å². The van der Waals surface area contributed by atoms with Crippen LogP contribution in [0.4, 0.5) is 5.69 Å². The highest BCUT2D eigenvalue weighted by Crippen LogP contribution is 2.28. The first-order chi connectivity index (χ1) is 9.83. The van der Waals surface area contributed by atoms with Gasteiger partial charge in [0.05, 0.1) is 29.2 Å². The molecule has 7 nitrogen and oxygen atoms in total. The summed E-state index contributed by atoms with van der Waals surface area (Å²) in [6, 6.07) is 7.87. The second-order valence-electron chi connectivity index (χ2n) is 4.57. The molecule has 0 amide bonds. The van der Waals surface area contributed by atoms with Crippen molar-refractivity contribution in [2.75, 3.05) is 0 Å². The van der Waals surface area contributed by atoms with Gasteiger partial charge < -0.3 is 0 Å². The summed E-state index contributed by atoms with van der Waals surface area (Å²) in [4.78, 5) is 8.68. The molecule has 0 saturated heterocycles. The molecule has 4 rings (SSSR count). The van der Waals surface area contributed by atoms with Gasteiger partial charge >= 0.3 is 0 Å². The maximum atomic E-state index is 4.70. The maximum Gasteiger partial charge on any atom is 0.138 e. The Labute approximate surface area is 114 Å². The Morgan fingerprint density at radius 3 is 2.95 bits per heavy atom. The molecule has 3 aromatic rings. The second-order valence-corrected chi connectivity index (χ2v) is 4.57. The molecule has 20 heavy (non-hydrogen) atoms. The van der Waals surface area contributed by atoms with Crippen molar-refractivity contribution in [3.8, 4) is 5.69 Å². The molecule has 0 atom stereocenters. The minimum Gasteiger partial charge on any atom is -0.231 e. The molecule has 1 aliphatic heterocycles. The summed E-state index contributed by atoms with van der Waals surface area (Å²) in [5.74, 6) is 0.805. The fraction of sp³-hybridized carbons (Fsp3) is 0.154. The van der Waals surface area contributed by atoms with Gasteiger partial charge in [-0.05, 0) is 19.1 Å². The number of aryl methyl sites for hydroxylation is 1. The molecule has 98 valence electrons.